The molecule has 0 saturated carbocycles. The highest BCUT2D eigenvalue weighted by molar-refractivity contribution is 7.84. The van der Waals surface area contributed by atoms with Crippen molar-refractivity contribution >= 4 is 28.6 Å². The van der Waals surface area contributed by atoms with Crippen LogP contribution in [0, 0.1) is 5.82 Å². The monoisotopic (exact) mass is 674 g/mol. The topological polar surface area (TPSA) is 115 Å². The lowest BCUT2D eigenvalue weighted by Gasteiger charge is -2.32. The molecule has 1 aromatic heterocycles. The number of alkyl halides is 3. The quantitative estimate of drug-likeness (QED) is 0.208. The smallest absolute Gasteiger partial charge is 0.422 e. The summed E-state index contributed by atoms with van der Waals surface area (Å²) in [7, 11) is -0.315. The fraction of sp³-hybridized carbons (Fsp3) is 0.382. The summed E-state index contributed by atoms with van der Waals surface area (Å²) in [5.74, 6) is -1.10. The summed E-state index contributed by atoms with van der Waals surface area (Å²) >= 11 is 0. The molecule has 250 valence electrons. The third-order valence-electron chi connectivity index (χ3n) is 8.26. The summed E-state index contributed by atoms with van der Waals surface area (Å²) in [6, 6.07) is 8.77. The number of rotatable bonds is 9. The molecule has 47 heavy (non-hydrogen) atoms. The Hall–Kier alpha value is -3.94. The van der Waals surface area contributed by atoms with Gasteiger partial charge in [-0.25, -0.2) is 18.3 Å². The standard InChI is InChI=1S/C34H34F4N2O6S/c1-31(2,3)47(44)40-32(4)18-46-30-25(32)17-28(39-29(30)19-6-9-22(35)10-7-19)33(43,34(36,37)38)13-12-26(42)21-14-20-8-11-23(41)16-24(20)27(15-21)45-5/h6-11,14-15,17,40,43H,12-13,16,18H2,1-5H3. The highest BCUT2D eigenvalue weighted by atomic mass is 32.2. The van der Waals surface area contributed by atoms with Gasteiger partial charge >= 0.3 is 6.18 Å². The van der Waals surface area contributed by atoms with Crippen molar-refractivity contribution in [1.29, 1.82) is 0 Å². The number of ketones is 2. The minimum Gasteiger partial charge on any atom is -0.496 e. The van der Waals surface area contributed by atoms with E-state index in [0.717, 1.165) is 18.2 Å². The van der Waals surface area contributed by atoms with Gasteiger partial charge in [-0.3, -0.25) is 9.59 Å². The molecule has 3 atom stereocenters. The third kappa shape index (κ3) is 6.61. The van der Waals surface area contributed by atoms with Gasteiger partial charge < -0.3 is 14.6 Å². The predicted molar refractivity (Wildman–Crippen MR) is 168 cm³/mol. The lowest BCUT2D eigenvalue weighted by Crippen LogP contribution is -2.47. The average molecular weight is 675 g/mol. The number of carbonyl (C=O) groups is 2. The van der Waals surface area contributed by atoms with Crippen LogP contribution in [0.15, 0.2) is 48.5 Å². The average Bonchev–Trinajstić information content (AvgIpc) is 3.33. The molecule has 3 unspecified atom stereocenters. The number of ether oxygens (including phenoxy) is 2. The highest BCUT2D eigenvalue weighted by Crippen LogP contribution is 2.49. The second-order valence-corrected chi connectivity index (χ2v) is 14.8. The summed E-state index contributed by atoms with van der Waals surface area (Å²) in [4.78, 5) is 29.5. The maximum absolute atomic E-state index is 14.9. The van der Waals surface area contributed by atoms with Crippen molar-refractivity contribution in [3.05, 3.63) is 82.3 Å². The SMILES string of the molecule is COc1cc(C(=O)CCC(O)(c2cc3c(c(-c4ccc(F)cc4)n2)OCC3(C)NS(=O)C(C)(C)C)C(F)(F)F)cc2c1CC(=O)C=C2. The highest BCUT2D eigenvalue weighted by Gasteiger charge is 2.57. The molecule has 0 saturated heterocycles. The van der Waals surface area contributed by atoms with Crippen LogP contribution in [0.5, 0.6) is 11.5 Å². The molecular weight excluding hydrogens is 640 g/mol. The van der Waals surface area contributed by atoms with Gasteiger partial charge in [-0.2, -0.15) is 13.2 Å². The number of allylic oxidation sites excluding steroid dienone is 1. The van der Waals surface area contributed by atoms with Gasteiger partial charge in [-0.1, -0.05) is 6.08 Å². The minimum absolute atomic E-state index is 0.0490. The Morgan fingerprint density at radius 3 is 2.43 bits per heavy atom. The number of carbonyl (C=O) groups excluding carboxylic acids is 2. The number of hydrogen-bond donors (Lipinski definition) is 2. The second kappa shape index (κ2) is 12.3. The van der Waals surface area contributed by atoms with Crippen molar-refractivity contribution in [3.8, 4) is 22.8 Å². The van der Waals surface area contributed by atoms with Crippen LogP contribution in [0.2, 0.25) is 0 Å². The maximum atomic E-state index is 14.9. The van der Waals surface area contributed by atoms with Gasteiger partial charge in [0.05, 0.1) is 34.1 Å². The number of fused-ring (bicyclic) bond motifs is 2. The number of nitrogens with one attached hydrogen (secondary N) is 1. The van der Waals surface area contributed by atoms with Crippen LogP contribution >= 0.6 is 0 Å². The predicted octanol–water partition coefficient (Wildman–Crippen LogP) is 6.11. The molecule has 3 aromatic rings. The minimum atomic E-state index is -5.29. The van der Waals surface area contributed by atoms with E-state index in [1.54, 1.807) is 27.7 Å². The number of Topliss-reactive ketones (excluding diaryl/α,β-unsaturated/α-hetero) is 1. The summed E-state index contributed by atoms with van der Waals surface area (Å²) < 4.78 is 85.2. The number of benzene rings is 2. The van der Waals surface area contributed by atoms with Crippen LogP contribution in [0.1, 0.15) is 73.3 Å². The third-order valence-corrected chi connectivity index (χ3v) is 10.0. The molecule has 0 fully saturated rings. The molecule has 0 radical (unpaired) electrons. The van der Waals surface area contributed by atoms with Gasteiger partial charge in [0.15, 0.2) is 17.3 Å². The summed E-state index contributed by atoms with van der Waals surface area (Å²) in [5, 5.41) is 11.5. The summed E-state index contributed by atoms with van der Waals surface area (Å²) in [5.41, 5.74) is -4.24. The van der Waals surface area contributed by atoms with Crippen LogP contribution in [0.25, 0.3) is 17.3 Å². The Labute approximate surface area is 271 Å². The first kappa shape index (κ1) is 34.4. The van der Waals surface area contributed by atoms with Crippen LogP contribution in [0.3, 0.4) is 0 Å². The molecule has 8 nitrogen and oxygen atoms in total. The Morgan fingerprint density at radius 1 is 1.13 bits per heavy atom. The van der Waals surface area contributed by atoms with E-state index in [0.29, 0.717) is 11.1 Å². The molecule has 5 rings (SSSR count). The second-order valence-electron chi connectivity index (χ2n) is 12.8. The lowest BCUT2D eigenvalue weighted by atomic mass is 9.85. The van der Waals surface area contributed by atoms with E-state index in [4.69, 9.17) is 9.47 Å². The van der Waals surface area contributed by atoms with E-state index in [9.17, 15) is 36.5 Å². The Kier molecular flexibility index (Phi) is 8.97. The van der Waals surface area contributed by atoms with E-state index >= 15 is 0 Å². The van der Waals surface area contributed by atoms with Gasteiger partial charge in [0.2, 0.25) is 5.60 Å². The van der Waals surface area contributed by atoms with Crippen LogP contribution in [-0.2, 0) is 33.3 Å². The van der Waals surface area contributed by atoms with Gasteiger partial charge in [-0.15, -0.1) is 0 Å². The fourth-order valence-electron chi connectivity index (χ4n) is 5.46. The van der Waals surface area contributed by atoms with Crippen molar-refractivity contribution in [2.75, 3.05) is 13.7 Å². The first-order valence-electron chi connectivity index (χ1n) is 14.7. The van der Waals surface area contributed by atoms with Gasteiger partial charge in [-0.05, 0) is 88.2 Å². The number of pyridine rings is 1. The molecular formula is C34H34F4N2O6S. The van der Waals surface area contributed by atoms with Gasteiger partial charge in [0.1, 0.15) is 23.9 Å². The first-order chi connectivity index (χ1) is 21.9. The van der Waals surface area contributed by atoms with Gasteiger partial charge in [0.25, 0.3) is 0 Å². The largest absolute Gasteiger partial charge is 0.496 e. The van der Waals surface area contributed by atoms with Crippen molar-refractivity contribution in [1.82, 2.24) is 9.71 Å². The van der Waals surface area contributed by atoms with Crippen LogP contribution < -0.4 is 14.2 Å². The Bertz CT molecular complexity index is 1800. The fourth-order valence-corrected chi connectivity index (χ4v) is 6.34. The zero-order valence-electron chi connectivity index (χ0n) is 26.4. The van der Waals surface area contributed by atoms with Crippen molar-refractivity contribution < 1.29 is 45.9 Å². The van der Waals surface area contributed by atoms with E-state index in [1.165, 1.54) is 43.5 Å². The number of aliphatic hydroxyl groups is 1. The number of nitrogens with zero attached hydrogens (tertiary/aromatic N) is 1. The van der Waals surface area contributed by atoms with Crippen LogP contribution in [0.4, 0.5) is 17.6 Å². The molecule has 2 aliphatic rings. The molecule has 2 N–H and O–H groups in total. The first-order valence-corrected chi connectivity index (χ1v) is 15.9. The zero-order chi connectivity index (χ0) is 34.5. The Balaban J connectivity index is 1.58. The molecule has 1 aliphatic heterocycles. The van der Waals surface area contributed by atoms with E-state index < -0.39 is 63.2 Å². The molecule has 0 spiro atoms. The number of methoxy groups -OCH3 is 1. The van der Waals surface area contributed by atoms with Crippen molar-refractivity contribution in [2.24, 2.45) is 0 Å². The number of hydrogen-bond acceptors (Lipinski definition) is 7. The van der Waals surface area contributed by atoms with Crippen molar-refractivity contribution in [2.45, 2.75) is 69.0 Å². The van der Waals surface area contributed by atoms with E-state index in [2.05, 4.69) is 9.71 Å². The summed E-state index contributed by atoms with van der Waals surface area (Å²) in [6.45, 7) is 6.68. The van der Waals surface area contributed by atoms with Gasteiger partial charge in [0, 0.05) is 35.1 Å². The van der Waals surface area contributed by atoms with Crippen LogP contribution in [-0.4, -0.2) is 50.5 Å². The van der Waals surface area contributed by atoms with Crippen molar-refractivity contribution in [3.63, 3.8) is 0 Å². The zero-order valence-corrected chi connectivity index (χ0v) is 27.2. The normalized spacial score (nSPS) is 19.4. The molecule has 0 bridgehead atoms. The molecule has 0 amide bonds. The lowest BCUT2D eigenvalue weighted by molar-refractivity contribution is -0.270. The molecule has 2 heterocycles. The van der Waals surface area contributed by atoms with E-state index in [-0.39, 0.29) is 52.7 Å². The Morgan fingerprint density at radius 2 is 1.81 bits per heavy atom. The molecule has 2 aromatic carbocycles. The summed E-state index contributed by atoms with van der Waals surface area (Å²) in [6.07, 6.45) is -4.19. The molecule has 13 heteroatoms. The molecule has 1 aliphatic carbocycles. The number of halogens is 4. The number of aromatic nitrogens is 1. The van der Waals surface area contributed by atoms with E-state index in [1.807, 2.05) is 0 Å². The maximum Gasteiger partial charge on any atom is 0.422 e.